The van der Waals surface area contributed by atoms with Gasteiger partial charge in [-0.05, 0) is 37.0 Å². The van der Waals surface area contributed by atoms with Gasteiger partial charge in [0.1, 0.15) is 0 Å². The number of carbonyl (C=O) groups excluding carboxylic acids is 1. The first-order valence-corrected chi connectivity index (χ1v) is 7.48. The molecule has 102 valence electrons. The second-order valence-electron chi connectivity index (χ2n) is 6.33. The highest BCUT2D eigenvalue weighted by Crippen LogP contribution is 2.60. The van der Waals surface area contributed by atoms with Crippen molar-refractivity contribution in [3.05, 3.63) is 0 Å². The summed E-state index contributed by atoms with van der Waals surface area (Å²) in [5.41, 5.74) is 3.32. The van der Waals surface area contributed by atoms with Crippen molar-refractivity contribution in [1.82, 2.24) is 10.4 Å². The zero-order valence-corrected chi connectivity index (χ0v) is 11.1. The van der Waals surface area contributed by atoms with Crippen molar-refractivity contribution in [3.8, 4) is 0 Å². The Labute approximate surface area is 113 Å². The van der Waals surface area contributed by atoms with Crippen LogP contribution >= 0.6 is 0 Å². The lowest BCUT2D eigenvalue weighted by atomic mass is 9.74. The molecule has 4 aliphatic rings. The molecule has 0 saturated heterocycles. The molecule has 2 aliphatic heterocycles. The van der Waals surface area contributed by atoms with E-state index in [1.165, 1.54) is 51.2 Å². The molecular weight excluding hydrogens is 240 g/mol. The van der Waals surface area contributed by atoms with Gasteiger partial charge in [0.15, 0.2) is 0 Å². The molecule has 2 aliphatic carbocycles. The number of nitrogens with zero attached hydrogens (tertiary/aromatic N) is 3. The molecule has 2 fully saturated rings. The Kier molecular flexibility index (Phi) is 2.44. The predicted molar refractivity (Wildman–Crippen MR) is 72.8 cm³/mol. The number of nitrogens with one attached hydrogen (secondary N) is 1. The lowest BCUT2D eigenvalue weighted by Crippen LogP contribution is -2.56. The van der Waals surface area contributed by atoms with Gasteiger partial charge < -0.3 is 0 Å². The minimum atomic E-state index is -0.120. The summed E-state index contributed by atoms with van der Waals surface area (Å²) in [4.78, 5) is 20.2. The van der Waals surface area contributed by atoms with Gasteiger partial charge >= 0.3 is 0 Å². The second-order valence-corrected chi connectivity index (χ2v) is 6.33. The largest absolute Gasteiger partial charge is 0.281 e. The summed E-state index contributed by atoms with van der Waals surface area (Å²) in [6, 6.07) is 0.340. The van der Waals surface area contributed by atoms with Gasteiger partial charge in [0.2, 0.25) is 5.96 Å². The van der Waals surface area contributed by atoms with E-state index in [1.54, 1.807) is 0 Å². The van der Waals surface area contributed by atoms with Crippen LogP contribution < -0.4 is 5.43 Å². The van der Waals surface area contributed by atoms with Crippen LogP contribution in [0.4, 0.5) is 0 Å². The van der Waals surface area contributed by atoms with E-state index in [2.05, 4.69) is 15.4 Å². The van der Waals surface area contributed by atoms with Crippen LogP contribution in [0.3, 0.4) is 0 Å². The maximum Gasteiger partial charge on any atom is 0.281 e. The van der Waals surface area contributed by atoms with E-state index in [1.807, 2.05) is 5.01 Å². The maximum atomic E-state index is 11.5. The van der Waals surface area contributed by atoms with Crippen molar-refractivity contribution in [2.24, 2.45) is 21.3 Å². The summed E-state index contributed by atoms with van der Waals surface area (Å²) >= 11 is 0. The highest BCUT2D eigenvalue weighted by Gasteiger charge is 2.58. The molecule has 0 radical (unpaired) electrons. The van der Waals surface area contributed by atoms with Crippen LogP contribution in [0.5, 0.6) is 0 Å². The third-order valence-electron chi connectivity index (χ3n) is 5.37. The van der Waals surface area contributed by atoms with E-state index < -0.39 is 0 Å². The topological polar surface area (TPSA) is 57.1 Å². The Balaban J connectivity index is 1.56. The van der Waals surface area contributed by atoms with Crippen molar-refractivity contribution >= 4 is 18.1 Å². The lowest BCUT2D eigenvalue weighted by molar-refractivity contribution is -0.118. The average molecular weight is 260 g/mol. The van der Waals surface area contributed by atoms with E-state index in [-0.39, 0.29) is 5.91 Å². The predicted octanol–water partition coefficient (Wildman–Crippen LogP) is 1.50. The van der Waals surface area contributed by atoms with E-state index in [9.17, 15) is 4.79 Å². The molecule has 0 bridgehead atoms. The SMILES string of the molecule is O=C1C=NC2=NCC(C3(C4CCCCC4)CC3)N2N1. The van der Waals surface area contributed by atoms with Crippen LogP contribution in [-0.4, -0.2) is 35.7 Å². The molecule has 4 rings (SSSR count). The van der Waals surface area contributed by atoms with Gasteiger partial charge in [-0.3, -0.25) is 10.2 Å². The van der Waals surface area contributed by atoms with Crippen LogP contribution in [0.25, 0.3) is 0 Å². The molecule has 5 heteroatoms. The van der Waals surface area contributed by atoms with Gasteiger partial charge in [-0.1, -0.05) is 19.3 Å². The fourth-order valence-electron chi connectivity index (χ4n) is 4.23. The molecule has 19 heavy (non-hydrogen) atoms. The maximum absolute atomic E-state index is 11.5. The van der Waals surface area contributed by atoms with Gasteiger partial charge in [0.25, 0.3) is 5.91 Å². The number of hydrogen-bond donors (Lipinski definition) is 1. The normalized spacial score (nSPS) is 32.8. The third-order valence-corrected chi connectivity index (χ3v) is 5.37. The molecular formula is C14H20N4O. The van der Waals surface area contributed by atoms with Crippen molar-refractivity contribution < 1.29 is 4.79 Å². The molecule has 2 heterocycles. The average Bonchev–Trinajstić information content (AvgIpc) is 3.15. The van der Waals surface area contributed by atoms with Crippen LogP contribution in [0.1, 0.15) is 44.9 Å². The van der Waals surface area contributed by atoms with Crippen LogP contribution in [-0.2, 0) is 4.79 Å². The molecule has 1 N–H and O–H groups in total. The summed E-state index contributed by atoms with van der Waals surface area (Å²) in [6.07, 6.45) is 10.8. The van der Waals surface area contributed by atoms with Crippen LogP contribution in [0.2, 0.25) is 0 Å². The fraction of sp³-hybridized carbons (Fsp3) is 0.786. The molecule has 0 aromatic rings. The van der Waals surface area contributed by atoms with Crippen molar-refractivity contribution in [3.63, 3.8) is 0 Å². The Morgan fingerprint density at radius 1 is 1.26 bits per heavy atom. The monoisotopic (exact) mass is 260 g/mol. The standard InChI is InChI=1S/C14H20N4O/c19-12-9-16-13-15-8-11(18(13)17-12)14(6-7-14)10-4-2-1-3-5-10/h9-11H,1-8H2,(H,17,19). The zero-order valence-electron chi connectivity index (χ0n) is 11.1. The van der Waals surface area contributed by atoms with Gasteiger partial charge in [-0.15, -0.1) is 0 Å². The Morgan fingerprint density at radius 3 is 2.79 bits per heavy atom. The number of amides is 1. The van der Waals surface area contributed by atoms with Crippen LogP contribution in [0, 0.1) is 11.3 Å². The van der Waals surface area contributed by atoms with Gasteiger partial charge in [0.05, 0.1) is 18.8 Å². The molecule has 1 unspecified atom stereocenters. The zero-order chi connectivity index (χ0) is 12.9. The van der Waals surface area contributed by atoms with E-state index >= 15 is 0 Å². The summed E-state index contributed by atoms with van der Waals surface area (Å²) in [6.45, 7) is 0.795. The third kappa shape index (κ3) is 1.70. The molecule has 0 spiro atoms. The molecule has 5 nitrogen and oxygen atoms in total. The highest BCUT2D eigenvalue weighted by molar-refractivity contribution is 6.30. The van der Waals surface area contributed by atoms with Gasteiger partial charge in [0, 0.05) is 0 Å². The molecule has 1 amide bonds. The first-order chi connectivity index (χ1) is 9.29. The Bertz CT molecular complexity index is 460. The van der Waals surface area contributed by atoms with Gasteiger partial charge in [-0.2, -0.15) is 0 Å². The van der Waals surface area contributed by atoms with E-state index in [0.29, 0.717) is 17.4 Å². The smallest absolute Gasteiger partial charge is 0.266 e. The second kappa shape index (κ2) is 4.05. The summed E-state index contributed by atoms with van der Waals surface area (Å²) in [5, 5.41) is 1.95. The number of guanidine groups is 1. The number of rotatable bonds is 2. The molecule has 0 aromatic heterocycles. The minimum absolute atomic E-state index is 0.120. The quantitative estimate of drug-likeness (QED) is 0.818. The van der Waals surface area contributed by atoms with Crippen LogP contribution in [0.15, 0.2) is 9.98 Å². The van der Waals surface area contributed by atoms with Gasteiger partial charge in [-0.25, -0.2) is 15.0 Å². The summed E-state index contributed by atoms with van der Waals surface area (Å²) in [7, 11) is 0. The Hall–Kier alpha value is -1.39. The van der Waals surface area contributed by atoms with E-state index in [0.717, 1.165) is 12.5 Å². The van der Waals surface area contributed by atoms with Crippen molar-refractivity contribution in [2.75, 3.05) is 6.54 Å². The fourth-order valence-corrected chi connectivity index (χ4v) is 4.23. The van der Waals surface area contributed by atoms with Crippen molar-refractivity contribution in [2.45, 2.75) is 51.0 Å². The number of carbonyl (C=O) groups is 1. The highest BCUT2D eigenvalue weighted by atomic mass is 16.2. The summed E-state index contributed by atoms with van der Waals surface area (Å²) < 4.78 is 0. The molecule has 2 saturated carbocycles. The first-order valence-electron chi connectivity index (χ1n) is 7.48. The Morgan fingerprint density at radius 2 is 2.05 bits per heavy atom. The number of fused-ring (bicyclic) bond motifs is 1. The lowest BCUT2D eigenvalue weighted by Gasteiger charge is -2.39. The molecule has 0 aromatic carbocycles. The van der Waals surface area contributed by atoms with Crippen molar-refractivity contribution in [1.29, 1.82) is 0 Å². The summed E-state index contributed by atoms with van der Waals surface area (Å²) in [5.74, 6) is 1.40. The van der Waals surface area contributed by atoms with E-state index in [4.69, 9.17) is 0 Å². The minimum Gasteiger partial charge on any atom is -0.266 e. The molecule has 1 atom stereocenters. The first kappa shape index (κ1) is 11.4. The number of hydrazine groups is 1. The number of aliphatic imine (C=N–C) groups is 2. The number of hydrogen-bond acceptors (Lipinski definition) is 4.